The summed E-state index contributed by atoms with van der Waals surface area (Å²) < 4.78 is 13.9. The van der Waals surface area contributed by atoms with E-state index in [0.29, 0.717) is 16.1 Å². The topological polar surface area (TPSA) is 45.8 Å². The van der Waals surface area contributed by atoms with Gasteiger partial charge in [0.05, 0.1) is 11.0 Å². The highest BCUT2D eigenvalue weighted by Crippen LogP contribution is 2.21. The molecule has 0 spiro atoms. The number of nitrogens with zero attached hydrogens (tertiary/aromatic N) is 1. The molecule has 0 atom stereocenters. The van der Waals surface area contributed by atoms with Gasteiger partial charge in [0.15, 0.2) is 0 Å². The first-order valence-corrected chi connectivity index (χ1v) is 7.26. The number of aryl methyl sites for hydroxylation is 2. The van der Waals surface area contributed by atoms with Gasteiger partial charge >= 0.3 is 0 Å². The summed E-state index contributed by atoms with van der Waals surface area (Å²) in [6, 6.07) is 8.25. The van der Waals surface area contributed by atoms with E-state index in [1.54, 1.807) is 6.07 Å². The molecule has 5 heteroatoms. The van der Waals surface area contributed by atoms with Crippen molar-refractivity contribution in [1.82, 2.24) is 9.97 Å². The first-order valence-electron chi connectivity index (χ1n) is 6.89. The molecule has 0 saturated carbocycles. The number of H-pyrrole nitrogens is 1. The van der Waals surface area contributed by atoms with Crippen LogP contribution in [0.15, 0.2) is 35.1 Å². The maximum Gasteiger partial charge on any atom is 0.270 e. The van der Waals surface area contributed by atoms with E-state index in [4.69, 9.17) is 11.6 Å². The molecule has 0 fully saturated rings. The zero-order chi connectivity index (χ0) is 15.9. The quantitative estimate of drug-likeness (QED) is 0.778. The summed E-state index contributed by atoms with van der Waals surface area (Å²) in [5, 5.41) is 0.293. The van der Waals surface area contributed by atoms with Gasteiger partial charge in [0.1, 0.15) is 11.5 Å². The van der Waals surface area contributed by atoms with Crippen molar-refractivity contribution in [2.45, 2.75) is 20.3 Å². The van der Waals surface area contributed by atoms with Crippen LogP contribution in [0.3, 0.4) is 0 Å². The van der Waals surface area contributed by atoms with Crippen molar-refractivity contribution in [3.05, 3.63) is 73.9 Å². The number of rotatable bonds is 2. The predicted octanol–water partition coefficient (Wildman–Crippen LogP) is 3.92. The molecule has 0 bridgehead atoms. The minimum Gasteiger partial charge on any atom is -0.319 e. The molecule has 0 aliphatic heterocycles. The molecule has 0 unspecified atom stereocenters. The summed E-state index contributed by atoms with van der Waals surface area (Å²) in [4.78, 5) is 19.4. The van der Waals surface area contributed by atoms with Gasteiger partial charge in [-0.2, -0.15) is 0 Å². The van der Waals surface area contributed by atoms with Crippen molar-refractivity contribution < 1.29 is 4.39 Å². The minimum absolute atomic E-state index is 0.0592. The molecule has 0 aliphatic carbocycles. The summed E-state index contributed by atoms with van der Waals surface area (Å²) in [5.74, 6) is -0.436. The van der Waals surface area contributed by atoms with Crippen molar-refractivity contribution in [3.8, 4) is 0 Å². The summed E-state index contributed by atoms with van der Waals surface area (Å²) in [7, 11) is 0. The Morgan fingerprint density at radius 1 is 1.23 bits per heavy atom. The first-order chi connectivity index (χ1) is 10.5. The van der Waals surface area contributed by atoms with Crippen molar-refractivity contribution in [2.24, 2.45) is 0 Å². The number of hydrogen-bond acceptors (Lipinski definition) is 2. The Morgan fingerprint density at radius 2 is 1.95 bits per heavy atom. The van der Waals surface area contributed by atoms with E-state index in [-0.39, 0.29) is 23.2 Å². The molecule has 1 heterocycles. The Bertz CT molecular complexity index is 914. The predicted molar refractivity (Wildman–Crippen MR) is 86.1 cm³/mol. The SMILES string of the molecule is Cc1cc2nc(Cc3c(F)cccc3Cl)c(=O)[nH]c2cc1C. The number of nitrogens with one attached hydrogen (secondary N) is 1. The molecule has 1 aromatic heterocycles. The highest BCUT2D eigenvalue weighted by Gasteiger charge is 2.12. The molecule has 0 radical (unpaired) electrons. The average Bonchev–Trinajstić information content (AvgIpc) is 2.45. The van der Waals surface area contributed by atoms with Gasteiger partial charge in [0.2, 0.25) is 0 Å². The summed E-state index contributed by atoms with van der Waals surface area (Å²) in [6.45, 7) is 3.95. The van der Waals surface area contributed by atoms with E-state index >= 15 is 0 Å². The standard InChI is InChI=1S/C17H14ClFN2O/c1-9-6-14-15(7-10(9)2)21-17(22)16(20-14)8-11-12(18)4-3-5-13(11)19/h3-7H,8H2,1-2H3,(H,21,22). The Hall–Kier alpha value is -2.20. The van der Waals surface area contributed by atoms with Gasteiger partial charge in [-0.3, -0.25) is 4.79 Å². The normalized spacial score (nSPS) is 11.1. The molecule has 0 saturated heterocycles. The van der Waals surface area contributed by atoms with Gasteiger partial charge in [0.25, 0.3) is 5.56 Å². The Balaban J connectivity index is 2.13. The van der Waals surface area contributed by atoms with Crippen LogP contribution in [0.1, 0.15) is 22.4 Å². The third-order valence-corrected chi connectivity index (χ3v) is 4.14. The van der Waals surface area contributed by atoms with Crippen LogP contribution >= 0.6 is 11.6 Å². The van der Waals surface area contributed by atoms with E-state index < -0.39 is 5.82 Å². The van der Waals surface area contributed by atoms with Crippen LogP contribution in [0.25, 0.3) is 11.0 Å². The maximum absolute atomic E-state index is 13.9. The second-order valence-electron chi connectivity index (χ2n) is 5.34. The number of fused-ring (bicyclic) bond motifs is 1. The Labute approximate surface area is 131 Å². The van der Waals surface area contributed by atoms with Gasteiger partial charge in [0, 0.05) is 17.0 Å². The number of hydrogen-bond donors (Lipinski definition) is 1. The lowest BCUT2D eigenvalue weighted by molar-refractivity contribution is 0.613. The van der Waals surface area contributed by atoms with Crippen LogP contribution in [0.2, 0.25) is 5.02 Å². The molecule has 112 valence electrons. The van der Waals surface area contributed by atoms with Gasteiger partial charge in [-0.25, -0.2) is 9.37 Å². The van der Waals surface area contributed by atoms with Gasteiger partial charge in [-0.1, -0.05) is 17.7 Å². The molecular weight excluding hydrogens is 303 g/mol. The fraction of sp³-hybridized carbons (Fsp3) is 0.176. The van der Waals surface area contributed by atoms with Crippen LogP contribution in [-0.2, 0) is 6.42 Å². The van der Waals surface area contributed by atoms with Crippen LogP contribution in [0.4, 0.5) is 4.39 Å². The van der Waals surface area contributed by atoms with Crippen molar-refractivity contribution in [3.63, 3.8) is 0 Å². The molecule has 0 aliphatic rings. The average molecular weight is 317 g/mol. The first kappa shape index (κ1) is 14.7. The second-order valence-corrected chi connectivity index (χ2v) is 5.75. The van der Waals surface area contributed by atoms with Crippen molar-refractivity contribution >= 4 is 22.6 Å². The lowest BCUT2D eigenvalue weighted by Gasteiger charge is -2.07. The van der Waals surface area contributed by atoms with Crippen LogP contribution in [0, 0.1) is 19.7 Å². The zero-order valence-electron chi connectivity index (χ0n) is 12.2. The molecule has 3 rings (SSSR count). The molecular formula is C17H14ClFN2O. The molecule has 22 heavy (non-hydrogen) atoms. The smallest absolute Gasteiger partial charge is 0.270 e. The van der Waals surface area contributed by atoms with Gasteiger partial charge in [-0.05, 0) is 49.2 Å². The van der Waals surface area contributed by atoms with E-state index in [1.807, 2.05) is 26.0 Å². The fourth-order valence-electron chi connectivity index (χ4n) is 2.37. The highest BCUT2D eigenvalue weighted by molar-refractivity contribution is 6.31. The van der Waals surface area contributed by atoms with Gasteiger partial charge in [-0.15, -0.1) is 0 Å². The number of benzene rings is 2. The third kappa shape index (κ3) is 2.62. The van der Waals surface area contributed by atoms with Crippen LogP contribution in [0.5, 0.6) is 0 Å². The fourth-order valence-corrected chi connectivity index (χ4v) is 2.60. The van der Waals surface area contributed by atoms with Crippen molar-refractivity contribution in [2.75, 3.05) is 0 Å². The third-order valence-electron chi connectivity index (χ3n) is 3.78. The maximum atomic E-state index is 13.9. The molecule has 3 aromatic rings. The number of aromatic amines is 1. The van der Waals surface area contributed by atoms with E-state index in [2.05, 4.69) is 9.97 Å². The number of aromatic nitrogens is 2. The summed E-state index contributed by atoms with van der Waals surface area (Å²) in [5.41, 5.74) is 3.74. The molecule has 0 amide bonds. The van der Waals surface area contributed by atoms with Crippen LogP contribution < -0.4 is 5.56 Å². The number of halogens is 2. The minimum atomic E-state index is -0.436. The Morgan fingerprint density at radius 3 is 2.68 bits per heavy atom. The molecule has 1 N–H and O–H groups in total. The lowest BCUT2D eigenvalue weighted by atomic mass is 10.1. The summed E-state index contributed by atoms with van der Waals surface area (Å²) >= 11 is 6.02. The van der Waals surface area contributed by atoms with E-state index in [1.165, 1.54) is 12.1 Å². The largest absolute Gasteiger partial charge is 0.319 e. The Kier molecular flexibility index (Phi) is 3.71. The molecule has 2 aromatic carbocycles. The van der Waals surface area contributed by atoms with Crippen LogP contribution in [-0.4, -0.2) is 9.97 Å². The molecule has 3 nitrogen and oxygen atoms in total. The van der Waals surface area contributed by atoms with Gasteiger partial charge < -0.3 is 4.98 Å². The van der Waals surface area contributed by atoms with Crippen molar-refractivity contribution in [1.29, 1.82) is 0 Å². The highest BCUT2D eigenvalue weighted by atomic mass is 35.5. The lowest BCUT2D eigenvalue weighted by Crippen LogP contribution is -2.16. The van der Waals surface area contributed by atoms with E-state index in [0.717, 1.165) is 11.1 Å². The van der Waals surface area contributed by atoms with E-state index in [9.17, 15) is 9.18 Å². The monoisotopic (exact) mass is 316 g/mol. The summed E-state index contributed by atoms with van der Waals surface area (Å²) in [6.07, 6.45) is 0.0592. The second kappa shape index (κ2) is 5.54. The zero-order valence-corrected chi connectivity index (χ0v) is 13.0.